The van der Waals surface area contributed by atoms with Gasteiger partial charge in [0.1, 0.15) is 11.6 Å². The van der Waals surface area contributed by atoms with E-state index < -0.39 is 0 Å². The van der Waals surface area contributed by atoms with E-state index in [9.17, 15) is 0 Å². The molecule has 3 rings (SSSR count). The summed E-state index contributed by atoms with van der Waals surface area (Å²) in [5, 5.41) is 3.71. The van der Waals surface area contributed by atoms with Crippen molar-refractivity contribution in [3.63, 3.8) is 0 Å². The van der Waals surface area contributed by atoms with Crippen LogP contribution in [0.1, 0.15) is 49.9 Å². The maximum Gasteiger partial charge on any atom is 0.138 e. The number of aryl methyl sites for hydroxylation is 1. The minimum absolute atomic E-state index is 0.680. The van der Waals surface area contributed by atoms with Crippen molar-refractivity contribution >= 4 is 0 Å². The minimum atomic E-state index is 0.680. The molecular formula is C17H24N4. The molecule has 0 unspecified atom stereocenters. The number of imidazole rings is 1. The number of hydrogen-bond donors (Lipinski definition) is 1. The second-order valence-corrected chi connectivity index (χ2v) is 5.94. The first-order valence-electron chi connectivity index (χ1n) is 8.01. The fraction of sp³-hybridized carbons (Fsp3) is 0.529. The molecule has 2 aromatic heterocycles. The molecule has 0 bridgehead atoms. The Kier molecular flexibility index (Phi) is 4.65. The lowest BCUT2D eigenvalue weighted by molar-refractivity contribution is 0.459. The monoisotopic (exact) mass is 284 g/mol. The largest absolute Gasteiger partial charge is 0.310 e. The highest BCUT2D eigenvalue weighted by atomic mass is 15.1. The van der Waals surface area contributed by atoms with E-state index >= 15 is 0 Å². The highest BCUT2D eigenvalue weighted by molar-refractivity contribution is 5.29. The number of nitrogens with one attached hydrogen (secondary N) is 1. The van der Waals surface area contributed by atoms with Gasteiger partial charge in [0.25, 0.3) is 0 Å². The van der Waals surface area contributed by atoms with Crippen molar-refractivity contribution in [3.8, 4) is 5.82 Å². The van der Waals surface area contributed by atoms with Crippen LogP contribution < -0.4 is 5.32 Å². The Morgan fingerprint density at radius 1 is 1.14 bits per heavy atom. The van der Waals surface area contributed by atoms with Crippen LogP contribution in [-0.2, 0) is 6.54 Å². The lowest BCUT2D eigenvalue weighted by Crippen LogP contribution is -2.27. The molecule has 0 saturated heterocycles. The maximum atomic E-state index is 4.45. The van der Waals surface area contributed by atoms with E-state index in [0.717, 1.165) is 18.2 Å². The Morgan fingerprint density at radius 3 is 2.67 bits per heavy atom. The second-order valence-electron chi connectivity index (χ2n) is 5.94. The van der Waals surface area contributed by atoms with Crippen LogP contribution in [-0.4, -0.2) is 20.6 Å². The first-order valence-corrected chi connectivity index (χ1v) is 8.01. The Bertz CT molecular complexity index is 568. The maximum absolute atomic E-state index is 4.45. The molecule has 1 saturated carbocycles. The van der Waals surface area contributed by atoms with Crippen molar-refractivity contribution in [3.05, 3.63) is 42.1 Å². The lowest BCUT2D eigenvalue weighted by atomic mass is 10.1. The molecule has 1 aliphatic rings. The summed E-state index contributed by atoms with van der Waals surface area (Å²) in [6, 6.07) is 4.93. The van der Waals surface area contributed by atoms with Crippen LogP contribution in [0.3, 0.4) is 0 Å². The third-order valence-corrected chi connectivity index (χ3v) is 4.33. The molecule has 4 heteroatoms. The van der Waals surface area contributed by atoms with Crippen molar-refractivity contribution in [2.24, 2.45) is 0 Å². The van der Waals surface area contributed by atoms with Gasteiger partial charge in [0.15, 0.2) is 0 Å². The molecular weight excluding hydrogens is 260 g/mol. The number of rotatable bonds is 4. The minimum Gasteiger partial charge on any atom is -0.310 e. The molecule has 0 spiro atoms. The third-order valence-electron chi connectivity index (χ3n) is 4.33. The van der Waals surface area contributed by atoms with Crippen molar-refractivity contribution < 1.29 is 0 Å². The van der Waals surface area contributed by atoms with E-state index in [-0.39, 0.29) is 0 Å². The van der Waals surface area contributed by atoms with E-state index in [4.69, 9.17) is 0 Å². The molecule has 1 N–H and O–H groups in total. The van der Waals surface area contributed by atoms with Gasteiger partial charge < -0.3 is 5.32 Å². The zero-order chi connectivity index (χ0) is 14.5. The molecule has 0 atom stereocenters. The van der Waals surface area contributed by atoms with Crippen LogP contribution in [0.5, 0.6) is 0 Å². The van der Waals surface area contributed by atoms with E-state index in [1.165, 1.54) is 44.1 Å². The Labute approximate surface area is 126 Å². The molecule has 21 heavy (non-hydrogen) atoms. The van der Waals surface area contributed by atoms with Crippen molar-refractivity contribution in [2.45, 2.75) is 58.0 Å². The molecule has 1 aliphatic carbocycles. The number of aromatic nitrogens is 3. The van der Waals surface area contributed by atoms with Crippen LogP contribution in [0.2, 0.25) is 0 Å². The summed E-state index contributed by atoms with van der Waals surface area (Å²) in [6.45, 7) is 2.92. The summed E-state index contributed by atoms with van der Waals surface area (Å²) in [7, 11) is 0. The topological polar surface area (TPSA) is 42.7 Å². The predicted octanol–water partition coefficient (Wildman–Crippen LogP) is 3.39. The van der Waals surface area contributed by atoms with Crippen LogP contribution >= 0.6 is 0 Å². The SMILES string of the molecule is Cc1nccn1-c1cc(CNC2CCCCCC2)ccn1. The Hall–Kier alpha value is -1.68. The predicted molar refractivity (Wildman–Crippen MR) is 84.4 cm³/mol. The quantitative estimate of drug-likeness (QED) is 0.875. The fourth-order valence-corrected chi connectivity index (χ4v) is 3.07. The number of hydrogen-bond acceptors (Lipinski definition) is 3. The van der Waals surface area contributed by atoms with Gasteiger partial charge in [0, 0.05) is 31.2 Å². The Balaban J connectivity index is 1.65. The summed E-state index contributed by atoms with van der Waals surface area (Å²) in [4.78, 5) is 8.71. The van der Waals surface area contributed by atoms with Gasteiger partial charge in [-0.05, 0) is 37.5 Å². The molecule has 2 heterocycles. The van der Waals surface area contributed by atoms with Crippen LogP contribution in [0.25, 0.3) is 5.82 Å². The normalized spacial score (nSPS) is 16.8. The highest BCUT2D eigenvalue weighted by Crippen LogP contribution is 2.18. The Morgan fingerprint density at radius 2 is 1.95 bits per heavy atom. The average molecular weight is 284 g/mol. The summed E-state index contributed by atoms with van der Waals surface area (Å²) in [5.41, 5.74) is 1.29. The van der Waals surface area contributed by atoms with Crippen molar-refractivity contribution in [1.82, 2.24) is 19.9 Å². The van der Waals surface area contributed by atoms with Crippen LogP contribution in [0, 0.1) is 6.92 Å². The highest BCUT2D eigenvalue weighted by Gasteiger charge is 2.11. The summed E-state index contributed by atoms with van der Waals surface area (Å²) in [6.07, 6.45) is 13.8. The van der Waals surface area contributed by atoms with Gasteiger partial charge in [-0.2, -0.15) is 0 Å². The van der Waals surface area contributed by atoms with Gasteiger partial charge >= 0.3 is 0 Å². The van der Waals surface area contributed by atoms with Crippen LogP contribution in [0.15, 0.2) is 30.7 Å². The number of pyridine rings is 1. The smallest absolute Gasteiger partial charge is 0.138 e. The second kappa shape index (κ2) is 6.85. The molecule has 1 fully saturated rings. The van der Waals surface area contributed by atoms with E-state index in [1.807, 2.05) is 30.1 Å². The molecule has 0 aromatic carbocycles. The average Bonchev–Trinajstić information content (AvgIpc) is 2.77. The van der Waals surface area contributed by atoms with Gasteiger partial charge in [0.05, 0.1) is 0 Å². The van der Waals surface area contributed by atoms with E-state index in [2.05, 4.69) is 27.4 Å². The van der Waals surface area contributed by atoms with Gasteiger partial charge in [-0.3, -0.25) is 4.57 Å². The fourth-order valence-electron chi connectivity index (χ4n) is 3.07. The molecule has 112 valence electrons. The third kappa shape index (κ3) is 3.70. The molecule has 0 amide bonds. The summed E-state index contributed by atoms with van der Waals surface area (Å²) >= 11 is 0. The standard InChI is InChI=1S/C17H24N4/c1-14-18-10-11-21(14)17-12-15(8-9-19-17)13-20-16-6-4-2-3-5-7-16/h8-12,16,20H,2-7,13H2,1H3. The zero-order valence-corrected chi connectivity index (χ0v) is 12.8. The van der Waals surface area contributed by atoms with Crippen molar-refractivity contribution in [2.75, 3.05) is 0 Å². The van der Waals surface area contributed by atoms with Crippen LogP contribution in [0.4, 0.5) is 0 Å². The van der Waals surface area contributed by atoms with Gasteiger partial charge in [-0.25, -0.2) is 9.97 Å². The van der Waals surface area contributed by atoms with Gasteiger partial charge in [-0.15, -0.1) is 0 Å². The first kappa shape index (κ1) is 14.3. The summed E-state index contributed by atoms with van der Waals surface area (Å²) in [5.74, 6) is 1.92. The zero-order valence-electron chi connectivity index (χ0n) is 12.8. The summed E-state index contributed by atoms with van der Waals surface area (Å²) < 4.78 is 2.02. The molecule has 4 nitrogen and oxygen atoms in total. The molecule has 0 aliphatic heterocycles. The number of nitrogens with zero attached hydrogens (tertiary/aromatic N) is 3. The van der Waals surface area contributed by atoms with E-state index in [0.29, 0.717) is 6.04 Å². The lowest BCUT2D eigenvalue weighted by Gasteiger charge is -2.16. The molecule has 2 aromatic rings. The first-order chi connectivity index (χ1) is 10.3. The van der Waals surface area contributed by atoms with Gasteiger partial charge in [0.2, 0.25) is 0 Å². The van der Waals surface area contributed by atoms with Crippen molar-refractivity contribution in [1.29, 1.82) is 0 Å². The van der Waals surface area contributed by atoms with Gasteiger partial charge in [-0.1, -0.05) is 25.7 Å². The van der Waals surface area contributed by atoms with E-state index in [1.54, 1.807) is 0 Å². The molecule has 0 radical (unpaired) electrons.